The van der Waals surface area contributed by atoms with Crippen molar-refractivity contribution in [2.75, 3.05) is 13.2 Å². The van der Waals surface area contributed by atoms with Gasteiger partial charge in [-0.05, 0) is 30.6 Å². The van der Waals surface area contributed by atoms with Gasteiger partial charge in [0, 0.05) is 19.0 Å². The van der Waals surface area contributed by atoms with E-state index in [1.807, 2.05) is 19.9 Å². The summed E-state index contributed by atoms with van der Waals surface area (Å²) in [6.07, 6.45) is 3.87. The molecule has 1 rings (SSSR count). The van der Waals surface area contributed by atoms with Gasteiger partial charge in [0.2, 0.25) is 5.91 Å². The van der Waals surface area contributed by atoms with E-state index in [-0.39, 0.29) is 24.0 Å². The summed E-state index contributed by atoms with van der Waals surface area (Å²) in [6.45, 7) is 11.0. The maximum absolute atomic E-state index is 11.4. The van der Waals surface area contributed by atoms with E-state index in [1.54, 1.807) is 0 Å². The van der Waals surface area contributed by atoms with Crippen molar-refractivity contribution in [1.29, 1.82) is 0 Å². The molecule has 1 heterocycles. The highest BCUT2D eigenvalue weighted by molar-refractivity contribution is 5.79. The van der Waals surface area contributed by atoms with Crippen molar-refractivity contribution >= 4 is 12.0 Å². The van der Waals surface area contributed by atoms with Crippen molar-refractivity contribution in [3.63, 3.8) is 0 Å². The van der Waals surface area contributed by atoms with Gasteiger partial charge in [-0.1, -0.05) is 26.8 Å². The lowest BCUT2D eigenvalue weighted by molar-refractivity contribution is -0.119. The Morgan fingerprint density at radius 2 is 2.29 bits per heavy atom. The van der Waals surface area contributed by atoms with E-state index in [0.717, 1.165) is 12.8 Å². The Morgan fingerprint density at radius 1 is 1.57 bits per heavy atom. The molecule has 21 heavy (non-hydrogen) atoms. The van der Waals surface area contributed by atoms with Gasteiger partial charge < -0.3 is 15.4 Å². The van der Waals surface area contributed by atoms with Crippen molar-refractivity contribution in [3.05, 3.63) is 12.7 Å². The molecule has 3 atom stereocenters. The summed E-state index contributed by atoms with van der Waals surface area (Å²) in [5.74, 6) is 1.05. The first-order valence-corrected chi connectivity index (χ1v) is 7.76. The quantitative estimate of drug-likeness (QED) is 0.534. The molecule has 0 saturated carbocycles. The minimum absolute atomic E-state index is 0.120. The predicted octanol–water partition coefficient (Wildman–Crippen LogP) is 2.48. The Labute approximate surface area is 127 Å². The van der Waals surface area contributed by atoms with E-state index in [2.05, 4.69) is 24.1 Å². The van der Waals surface area contributed by atoms with Crippen LogP contribution in [-0.2, 0) is 9.53 Å². The molecule has 0 radical (unpaired) electrons. The lowest BCUT2D eigenvalue weighted by Crippen LogP contribution is -2.35. The van der Waals surface area contributed by atoms with Gasteiger partial charge >= 0.3 is 6.09 Å². The minimum Gasteiger partial charge on any atom is -0.449 e. The van der Waals surface area contributed by atoms with Crippen molar-refractivity contribution in [1.82, 2.24) is 10.6 Å². The standard InChI is InChI=1S/C16H28N2O3/c1-5-13(15-12(4)9-14(19)18-15)7-6-8-17-16(20)21-10-11(2)3/h5,11-13,15H,1,6-10H2,2-4H3,(H,17,20)(H,18,19). The molecule has 1 aliphatic rings. The molecule has 1 fully saturated rings. The molecular weight excluding hydrogens is 268 g/mol. The molecule has 2 amide bonds. The van der Waals surface area contributed by atoms with Gasteiger partial charge in [0.25, 0.3) is 0 Å². The largest absolute Gasteiger partial charge is 0.449 e. The van der Waals surface area contributed by atoms with Crippen LogP contribution >= 0.6 is 0 Å². The average molecular weight is 296 g/mol. The topological polar surface area (TPSA) is 67.4 Å². The average Bonchev–Trinajstić information content (AvgIpc) is 2.75. The van der Waals surface area contributed by atoms with Crippen LogP contribution in [0.1, 0.15) is 40.0 Å². The van der Waals surface area contributed by atoms with Crippen molar-refractivity contribution in [2.24, 2.45) is 17.8 Å². The maximum atomic E-state index is 11.4. The normalized spacial score (nSPS) is 22.8. The number of carbonyl (C=O) groups excluding carboxylic acids is 2. The van der Waals surface area contributed by atoms with E-state index in [4.69, 9.17) is 4.74 Å². The second kappa shape index (κ2) is 8.70. The van der Waals surface area contributed by atoms with E-state index in [0.29, 0.717) is 31.4 Å². The van der Waals surface area contributed by atoms with E-state index < -0.39 is 0 Å². The first kappa shape index (κ1) is 17.5. The number of carbonyl (C=O) groups is 2. The summed E-state index contributed by atoms with van der Waals surface area (Å²) in [5.41, 5.74) is 0. The minimum atomic E-state index is -0.360. The van der Waals surface area contributed by atoms with Crippen LogP contribution in [-0.4, -0.2) is 31.2 Å². The van der Waals surface area contributed by atoms with Crippen LogP contribution in [0.15, 0.2) is 12.7 Å². The van der Waals surface area contributed by atoms with E-state index in [1.165, 1.54) is 0 Å². The Bertz CT molecular complexity index is 369. The summed E-state index contributed by atoms with van der Waals surface area (Å²) >= 11 is 0. The van der Waals surface area contributed by atoms with Gasteiger partial charge in [0.15, 0.2) is 0 Å². The number of rotatable bonds is 8. The molecule has 1 aliphatic heterocycles. The predicted molar refractivity (Wildman–Crippen MR) is 82.8 cm³/mol. The summed E-state index contributed by atoms with van der Waals surface area (Å²) in [4.78, 5) is 22.8. The number of amides is 2. The maximum Gasteiger partial charge on any atom is 0.407 e. The lowest BCUT2D eigenvalue weighted by atomic mass is 9.87. The SMILES string of the molecule is C=CC(CCCNC(=O)OCC(C)C)C1NC(=O)CC1C. The zero-order valence-electron chi connectivity index (χ0n) is 13.4. The zero-order valence-corrected chi connectivity index (χ0v) is 13.4. The molecule has 0 bridgehead atoms. The highest BCUT2D eigenvalue weighted by Gasteiger charge is 2.33. The van der Waals surface area contributed by atoms with Gasteiger partial charge in [0.1, 0.15) is 0 Å². The molecule has 2 N–H and O–H groups in total. The van der Waals surface area contributed by atoms with Gasteiger partial charge in [0.05, 0.1) is 6.61 Å². The first-order chi connectivity index (χ1) is 9.93. The summed E-state index contributed by atoms with van der Waals surface area (Å²) in [7, 11) is 0. The zero-order chi connectivity index (χ0) is 15.8. The summed E-state index contributed by atoms with van der Waals surface area (Å²) in [5, 5.41) is 5.76. The highest BCUT2D eigenvalue weighted by Crippen LogP contribution is 2.26. The van der Waals surface area contributed by atoms with Crippen molar-refractivity contribution < 1.29 is 14.3 Å². The van der Waals surface area contributed by atoms with E-state index >= 15 is 0 Å². The molecule has 5 heteroatoms. The number of ether oxygens (including phenoxy) is 1. The fraction of sp³-hybridized carbons (Fsp3) is 0.750. The number of hydrogen-bond donors (Lipinski definition) is 2. The Balaban J connectivity index is 2.22. The fourth-order valence-electron chi connectivity index (χ4n) is 2.60. The van der Waals surface area contributed by atoms with E-state index in [9.17, 15) is 9.59 Å². The molecule has 0 aromatic heterocycles. The summed E-state index contributed by atoms with van der Waals surface area (Å²) < 4.78 is 5.04. The number of alkyl carbamates (subject to hydrolysis) is 1. The third kappa shape index (κ3) is 6.19. The van der Waals surface area contributed by atoms with Crippen molar-refractivity contribution in [3.8, 4) is 0 Å². The van der Waals surface area contributed by atoms with Gasteiger partial charge in [-0.15, -0.1) is 6.58 Å². The first-order valence-electron chi connectivity index (χ1n) is 7.76. The molecule has 120 valence electrons. The molecule has 0 aromatic carbocycles. The van der Waals surface area contributed by atoms with Crippen molar-refractivity contribution in [2.45, 2.75) is 46.1 Å². The smallest absolute Gasteiger partial charge is 0.407 e. The van der Waals surface area contributed by atoms with Crippen LogP contribution in [0, 0.1) is 17.8 Å². The molecule has 0 aromatic rings. The van der Waals surface area contributed by atoms with Crippen LogP contribution in [0.5, 0.6) is 0 Å². The second-order valence-corrected chi connectivity index (χ2v) is 6.24. The molecule has 0 spiro atoms. The Kier molecular flexibility index (Phi) is 7.26. The van der Waals surface area contributed by atoms with Crippen LogP contribution in [0.3, 0.4) is 0 Å². The summed E-state index contributed by atoms with van der Waals surface area (Å²) in [6, 6.07) is 0.169. The molecular formula is C16H28N2O3. The van der Waals surface area contributed by atoms with Gasteiger partial charge in [-0.3, -0.25) is 4.79 Å². The molecule has 1 saturated heterocycles. The van der Waals surface area contributed by atoms with Gasteiger partial charge in [-0.2, -0.15) is 0 Å². The van der Waals surface area contributed by atoms with Crippen LogP contribution < -0.4 is 10.6 Å². The molecule has 3 unspecified atom stereocenters. The van der Waals surface area contributed by atoms with Crippen LogP contribution in [0.25, 0.3) is 0 Å². The fourth-order valence-corrected chi connectivity index (χ4v) is 2.60. The Morgan fingerprint density at radius 3 is 2.81 bits per heavy atom. The third-order valence-electron chi connectivity index (χ3n) is 3.74. The molecule has 0 aliphatic carbocycles. The Hall–Kier alpha value is -1.52. The highest BCUT2D eigenvalue weighted by atomic mass is 16.5. The number of hydrogen-bond acceptors (Lipinski definition) is 3. The second-order valence-electron chi connectivity index (χ2n) is 6.24. The van der Waals surface area contributed by atoms with Crippen LogP contribution in [0.4, 0.5) is 4.79 Å². The van der Waals surface area contributed by atoms with Crippen LogP contribution in [0.2, 0.25) is 0 Å². The third-order valence-corrected chi connectivity index (χ3v) is 3.74. The lowest BCUT2D eigenvalue weighted by Gasteiger charge is -2.23. The molecule has 5 nitrogen and oxygen atoms in total. The monoisotopic (exact) mass is 296 g/mol. The number of nitrogens with one attached hydrogen (secondary N) is 2. The van der Waals surface area contributed by atoms with Gasteiger partial charge in [-0.25, -0.2) is 4.79 Å².